The van der Waals surface area contributed by atoms with Crippen molar-refractivity contribution >= 4 is 10.0 Å². The fraction of sp³-hybridized carbons (Fsp3) is 0.476. The van der Waals surface area contributed by atoms with Crippen molar-refractivity contribution in [2.45, 2.75) is 71.4 Å². The highest BCUT2D eigenvalue weighted by atomic mass is 32.2. The van der Waals surface area contributed by atoms with Crippen LogP contribution in [-0.4, -0.2) is 23.7 Å². The lowest BCUT2D eigenvalue weighted by Gasteiger charge is -2.30. The minimum absolute atomic E-state index is 0.0673. The molecule has 2 aromatic rings. The number of hydrogen-bond acceptors (Lipinski definition) is 3. The highest BCUT2D eigenvalue weighted by molar-refractivity contribution is 7.89. The molecule has 1 atom stereocenters. The van der Waals surface area contributed by atoms with Crippen molar-refractivity contribution < 1.29 is 8.42 Å². The van der Waals surface area contributed by atoms with E-state index >= 15 is 0 Å². The molecule has 3 rings (SSSR count). The summed E-state index contributed by atoms with van der Waals surface area (Å²) in [6, 6.07) is 5.45. The summed E-state index contributed by atoms with van der Waals surface area (Å²) < 4.78 is 29.3. The van der Waals surface area contributed by atoms with Gasteiger partial charge in [-0.05, 0) is 94.3 Å². The second-order valence-corrected chi connectivity index (χ2v) is 9.23. The summed E-state index contributed by atoms with van der Waals surface area (Å²) in [7, 11) is -3.61. The third-order valence-electron chi connectivity index (χ3n) is 5.87. The highest BCUT2D eigenvalue weighted by Crippen LogP contribution is 2.41. The molecule has 1 fully saturated rings. The zero-order chi connectivity index (χ0) is 19.2. The van der Waals surface area contributed by atoms with Gasteiger partial charge in [0.15, 0.2) is 0 Å². The Hall–Kier alpha value is -1.72. The molecule has 0 spiro atoms. The monoisotopic (exact) mass is 372 g/mol. The topological polar surface area (TPSA) is 50.3 Å². The van der Waals surface area contributed by atoms with Crippen LogP contribution < -0.4 is 0 Å². The Morgan fingerprint density at radius 2 is 1.50 bits per heavy atom. The molecular formula is C21H28N2O2S. The third-order valence-corrected chi connectivity index (χ3v) is 8.17. The number of sulfonamides is 1. The fourth-order valence-electron chi connectivity index (χ4n) is 3.76. The van der Waals surface area contributed by atoms with Gasteiger partial charge < -0.3 is 0 Å². The Bertz CT molecular complexity index is 903. The smallest absolute Gasteiger partial charge is 0.244 e. The van der Waals surface area contributed by atoms with E-state index in [9.17, 15) is 8.42 Å². The van der Waals surface area contributed by atoms with Crippen molar-refractivity contribution in [3.63, 3.8) is 0 Å². The van der Waals surface area contributed by atoms with Crippen LogP contribution in [0.4, 0.5) is 0 Å². The summed E-state index contributed by atoms with van der Waals surface area (Å²) in [6.07, 6.45) is 3.55. The van der Waals surface area contributed by atoms with E-state index in [0.717, 1.165) is 40.8 Å². The normalized spacial score (nSPS) is 16.1. The average molecular weight is 373 g/mol. The summed E-state index contributed by atoms with van der Waals surface area (Å²) in [5.74, 6) is 0. The molecule has 1 aromatic carbocycles. The standard InChI is InChI=1S/C21H28N2O2S/c1-13-14(2)16(4)21(17(5)15(13)3)26(24,25)23(19-10-11-19)18(6)20-9-7-8-12-22-20/h7-9,12,18-19H,10-11H2,1-6H3. The maximum atomic E-state index is 13.8. The Morgan fingerprint density at radius 3 is 1.96 bits per heavy atom. The lowest BCUT2D eigenvalue weighted by atomic mass is 9.95. The first kappa shape index (κ1) is 19.1. The zero-order valence-electron chi connectivity index (χ0n) is 16.5. The highest BCUT2D eigenvalue weighted by Gasteiger charge is 2.43. The second kappa shape index (κ2) is 6.78. The van der Waals surface area contributed by atoms with E-state index in [1.807, 2.05) is 52.8 Å². The number of benzene rings is 1. The van der Waals surface area contributed by atoms with Gasteiger partial charge in [-0.15, -0.1) is 0 Å². The SMILES string of the molecule is Cc1c(C)c(C)c(S(=O)(=O)N(C2CC2)C(C)c2ccccn2)c(C)c1C. The first-order valence-corrected chi connectivity index (χ1v) is 10.6. The van der Waals surface area contributed by atoms with Crippen LogP contribution in [0.1, 0.15) is 59.3 Å². The van der Waals surface area contributed by atoms with Gasteiger partial charge in [-0.3, -0.25) is 4.98 Å². The number of rotatable bonds is 5. The van der Waals surface area contributed by atoms with Crippen molar-refractivity contribution in [1.29, 1.82) is 0 Å². The number of nitrogens with zero attached hydrogens (tertiary/aromatic N) is 2. The maximum absolute atomic E-state index is 13.8. The summed E-state index contributed by atoms with van der Waals surface area (Å²) >= 11 is 0. The first-order chi connectivity index (χ1) is 12.2. The van der Waals surface area contributed by atoms with Crippen LogP contribution >= 0.6 is 0 Å². The summed E-state index contributed by atoms with van der Waals surface area (Å²) in [5.41, 5.74) is 5.82. The van der Waals surface area contributed by atoms with Gasteiger partial charge >= 0.3 is 0 Å². The van der Waals surface area contributed by atoms with Gasteiger partial charge in [0.05, 0.1) is 16.6 Å². The molecular weight excluding hydrogens is 344 g/mol. The van der Waals surface area contributed by atoms with E-state index in [4.69, 9.17) is 0 Å². The molecule has 0 aliphatic heterocycles. The third kappa shape index (κ3) is 3.08. The van der Waals surface area contributed by atoms with Crippen LogP contribution in [0.25, 0.3) is 0 Å². The van der Waals surface area contributed by atoms with Crippen LogP contribution in [0.5, 0.6) is 0 Å². The van der Waals surface area contributed by atoms with E-state index in [0.29, 0.717) is 4.90 Å². The molecule has 0 N–H and O–H groups in total. The second-order valence-electron chi connectivity index (χ2n) is 7.45. The Balaban J connectivity index is 2.17. The molecule has 1 aliphatic rings. The van der Waals surface area contributed by atoms with Gasteiger partial charge in [0.2, 0.25) is 10.0 Å². The first-order valence-electron chi connectivity index (χ1n) is 9.19. The Morgan fingerprint density at radius 1 is 0.962 bits per heavy atom. The van der Waals surface area contributed by atoms with E-state index in [1.165, 1.54) is 5.56 Å². The van der Waals surface area contributed by atoms with Crippen molar-refractivity contribution in [3.05, 3.63) is 57.9 Å². The van der Waals surface area contributed by atoms with Crippen LogP contribution in [0, 0.1) is 34.6 Å². The van der Waals surface area contributed by atoms with Gasteiger partial charge in [-0.1, -0.05) is 6.07 Å². The van der Waals surface area contributed by atoms with Crippen molar-refractivity contribution in [2.24, 2.45) is 0 Å². The Kier molecular flexibility index (Phi) is 4.97. The lowest BCUT2D eigenvalue weighted by Crippen LogP contribution is -2.37. The zero-order valence-corrected chi connectivity index (χ0v) is 17.3. The number of aromatic nitrogens is 1. The average Bonchev–Trinajstić information content (AvgIpc) is 3.43. The predicted octanol–water partition coefficient (Wildman–Crippen LogP) is 4.54. The predicted molar refractivity (Wildman–Crippen MR) is 105 cm³/mol. The Labute approximate surface area is 157 Å². The molecule has 0 amide bonds. The molecule has 26 heavy (non-hydrogen) atoms. The van der Waals surface area contributed by atoms with Crippen molar-refractivity contribution in [3.8, 4) is 0 Å². The van der Waals surface area contributed by atoms with Gasteiger partial charge in [0.25, 0.3) is 0 Å². The molecule has 4 nitrogen and oxygen atoms in total. The minimum Gasteiger partial charge on any atom is -0.260 e. The van der Waals surface area contributed by atoms with Crippen molar-refractivity contribution in [2.75, 3.05) is 0 Å². The molecule has 1 saturated carbocycles. The van der Waals surface area contributed by atoms with Gasteiger partial charge in [-0.25, -0.2) is 8.42 Å². The maximum Gasteiger partial charge on any atom is 0.244 e. The molecule has 1 aliphatic carbocycles. The summed E-state index contributed by atoms with van der Waals surface area (Å²) in [4.78, 5) is 4.88. The van der Waals surface area contributed by atoms with E-state index in [-0.39, 0.29) is 12.1 Å². The van der Waals surface area contributed by atoms with Crippen LogP contribution in [0.15, 0.2) is 29.3 Å². The van der Waals surface area contributed by atoms with E-state index in [2.05, 4.69) is 11.9 Å². The quantitative estimate of drug-likeness (QED) is 0.774. The summed E-state index contributed by atoms with van der Waals surface area (Å²) in [5, 5.41) is 0. The van der Waals surface area contributed by atoms with E-state index in [1.54, 1.807) is 10.5 Å². The van der Waals surface area contributed by atoms with Gasteiger partial charge in [-0.2, -0.15) is 4.31 Å². The summed E-state index contributed by atoms with van der Waals surface area (Å²) in [6.45, 7) is 11.9. The minimum atomic E-state index is -3.61. The van der Waals surface area contributed by atoms with E-state index < -0.39 is 10.0 Å². The molecule has 140 valence electrons. The largest absolute Gasteiger partial charge is 0.260 e. The molecule has 1 unspecified atom stereocenters. The van der Waals surface area contributed by atoms with Crippen molar-refractivity contribution in [1.82, 2.24) is 9.29 Å². The molecule has 5 heteroatoms. The van der Waals surface area contributed by atoms with Gasteiger partial charge in [0.1, 0.15) is 0 Å². The molecule has 0 bridgehead atoms. The number of pyridine rings is 1. The molecule has 1 heterocycles. The fourth-order valence-corrected chi connectivity index (χ4v) is 6.18. The van der Waals surface area contributed by atoms with Crippen LogP contribution in [0.2, 0.25) is 0 Å². The molecule has 1 aromatic heterocycles. The van der Waals surface area contributed by atoms with Gasteiger partial charge in [0, 0.05) is 12.2 Å². The lowest BCUT2D eigenvalue weighted by molar-refractivity contribution is 0.328. The molecule has 0 saturated heterocycles. The van der Waals surface area contributed by atoms with Crippen LogP contribution in [0.3, 0.4) is 0 Å². The van der Waals surface area contributed by atoms with Crippen LogP contribution in [-0.2, 0) is 10.0 Å². The molecule has 0 radical (unpaired) electrons. The number of hydrogen-bond donors (Lipinski definition) is 0.